The van der Waals surface area contributed by atoms with Crippen molar-refractivity contribution < 1.29 is 19.4 Å². The molecular formula is C22H25NO4S. The van der Waals surface area contributed by atoms with Gasteiger partial charge in [0.1, 0.15) is 11.5 Å². The van der Waals surface area contributed by atoms with E-state index < -0.39 is 17.7 Å². The van der Waals surface area contributed by atoms with Gasteiger partial charge in [0, 0.05) is 17.0 Å². The maximum atomic E-state index is 12.9. The second kappa shape index (κ2) is 8.61. The van der Waals surface area contributed by atoms with Gasteiger partial charge in [0.2, 0.25) is 0 Å². The highest BCUT2D eigenvalue weighted by Crippen LogP contribution is 2.42. The molecule has 28 heavy (non-hydrogen) atoms. The molecule has 5 nitrogen and oxygen atoms in total. The van der Waals surface area contributed by atoms with Crippen LogP contribution in [0.5, 0.6) is 5.75 Å². The van der Waals surface area contributed by atoms with E-state index >= 15 is 0 Å². The molecule has 1 aliphatic heterocycles. The van der Waals surface area contributed by atoms with Crippen LogP contribution in [-0.2, 0) is 9.59 Å². The van der Waals surface area contributed by atoms with E-state index in [1.54, 1.807) is 29.2 Å². The number of aliphatic hydroxyl groups excluding tert-OH is 1. The highest BCUT2D eigenvalue weighted by molar-refractivity contribution is 7.10. The highest BCUT2D eigenvalue weighted by atomic mass is 32.1. The van der Waals surface area contributed by atoms with E-state index in [0.29, 0.717) is 24.5 Å². The molecule has 1 fully saturated rings. The smallest absolute Gasteiger partial charge is 0.295 e. The Labute approximate surface area is 169 Å². The monoisotopic (exact) mass is 399 g/mol. The lowest BCUT2D eigenvalue weighted by molar-refractivity contribution is -0.139. The predicted molar refractivity (Wildman–Crippen MR) is 111 cm³/mol. The molecule has 1 aromatic carbocycles. The number of rotatable bonds is 7. The number of Topliss-reactive ketones (excluding diaryl/α,β-unsaturated/α-hetero) is 1. The summed E-state index contributed by atoms with van der Waals surface area (Å²) in [5.74, 6) is -0.728. The molecule has 1 aliphatic rings. The normalized spacial score (nSPS) is 18.7. The summed E-state index contributed by atoms with van der Waals surface area (Å²) in [5, 5.41) is 13.0. The summed E-state index contributed by atoms with van der Waals surface area (Å²) in [5.41, 5.74) is 1.63. The molecule has 1 atom stereocenters. The third kappa shape index (κ3) is 3.69. The fraction of sp³-hybridized carbons (Fsp3) is 0.364. The molecule has 0 radical (unpaired) electrons. The quantitative estimate of drug-likeness (QED) is 0.417. The van der Waals surface area contributed by atoms with Crippen LogP contribution in [0.3, 0.4) is 0 Å². The van der Waals surface area contributed by atoms with Crippen molar-refractivity contribution in [1.29, 1.82) is 0 Å². The van der Waals surface area contributed by atoms with Crippen molar-refractivity contribution >= 4 is 28.8 Å². The van der Waals surface area contributed by atoms with Gasteiger partial charge in [0.15, 0.2) is 0 Å². The van der Waals surface area contributed by atoms with E-state index in [2.05, 4.69) is 0 Å². The standard InChI is InChI=1S/C22H25NO4S/c1-4-6-11-23-18(21-14(3)10-12-28-21)17(20(25)22(23)26)19(24)15-8-7-9-16(13-15)27-5-2/h7-10,12-13,18,24H,4-6,11H2,1-3H3/b19-17-. The summed E-state index contributed by atoms with van der Waals surface area (Å²) in [6.45, 7) is 6.87. The number of ether oxygens (including phenoxy) is 1. The molecule has 0 bridgehead atoms. The number of unbranched alkanes of at least 4 members (excludes halogenated alkanes) is 1. The summed E-state index contributed by atoms with van der Waals surface area (Å²) in [6, 6.07) is 8.38. The minimum Gasteiger partial charge on any atom is -0.507 e. The molecule has 0 aliphatic carbocycles. The molecule has 0 spiro atoms. The number of aliphatic hydroxyl groups is 1. The Morgan fingerprint density at radius 3 is 2.68 bits per heavy atom. The predicted octanol–water partition coefficient (Wildman–Crippen LogP) is 4.68. The van der Waals surface area contributed by atoms with Gasteiger partial charge in [0.25, 0.3) is 11.7 Å². The average molecular weight is 400 g/mol. The number of aryl methyl sites for hydroxylation is 1. The third-order valence-corrected chi connectivity index (χ3v) is 5.93. The number of ketones is 1. The first-order valence-corrected chi connectivity index (χ1v) is 10.4. The maximum absolute atomic E-state index is 12.9. The molecule has 3 rings (SSSR count). The van der Waals surface area contributed by atoms with Gasteiger partial charge in [-0.2, -0.15) is 0 Å². The lowest BCUT2D eigenvalue weighted by atomic mass is 9.98. The molecule has 2 heterocycles. The Morgan fingerprint density at radius 2 is 2.04 bits per heavy atom. The van der Waals surface area contributed by atoms with Crippen molar-refractivity contribution in [3.8, 4) is 5.75 Å². The van der Waals surface area contributed by atoms with E-state index in [0.717, 1.165) is 23.3 Å². The molecule has 1 N–H and O–H groups in total. The van der Waals surface area contributed by atoms with Crippen LogP contribution in [0, 0.1) is 6.92 Å². The van der Waals surface area contributed by atoms with E-state index in [1.165, 1.54) is 11.3 Å². The van der Waals surface area contributed by atoms with E-state index in [9.17, 15) is 14.7 Å². The van der Waals surface area contributed by atoms with E-state index in [-0.39, 0.29) is 11.3 Å². The lowest BCUT2D eigenvalue weighted by Gasteiger charge is -2.24. The van der Waals surface area contributed by atoms with Crippen LogP contribution in [0.1, 0.15) is 48.7 Å². The molecule has 2 aromatic rings. The van der Waals surface area contributed by atoms with Crippen molar-refractivity contribution in [2.24, 2.45) is 0 Å². The van der Waals surface area contributed by atoms with E-state index in [4.69, 9.17) is 4.74 Å². The van der Waals surface area contributed by atoms with Gasteiger partial charge in [0.05, 0.1) is 18.2 Å². The first-order valence-electron chi connectivity index (χ1n) is 9.55. The SMILES string of the molecule is CCCCN1C(=O)C(=O)/C(=C(\O)c2cccc(OCC)c2)C1c1sccc1C. The van der Waals surface area contributed by atoms with Crippen molar-refractivity contribution in [2.45, 2.75) is 39.7 Å². The van der Waals surface area contributed by atoms with E-state index in [1.807, 2.05) is 32.2 Å². The van der Waals surface area contributed by atoms with Gasteiger partial charge in [-0.3, -0.25) is 9.59 Å². The molecule has 148 valence electrons. The zero-order valence-electron chi connectivity index (χ0n) is 16.4. The van der Waals surface area contributed by atoms with Crippen molar-refractivity contribution in [1.82, 2.24) is 4.90 Å². The summed E-state index contributed by atoms with van der Waals surface area (Å²) < 4.78 is 5.51. The van der Waals surface area contributed by atoms with Crippen molar-refractivity contribution in [2.75, 3.05) is 13.2 Å². The number of carbonyl (C=O) groups is 2. The molecule has 1 amide bonds. The number of nitrogens with zero attached hydrogens (tertiary/aromatic N) is 1. The van der Waals surface area contributed by atoms with Crippen LogP contribution < -0.4 is 4.74 Å². The number of likely N-dealkylation sites (tertiary alicyclic amines) is 1. The second-order valence-electron chi connectivity index (χ2n) is 6.77. The summed E-state index contributed by atoms with van der Waals surface area (Å²) >= 11 is 1.50. The number of benzene rings is 1. The van der Waals surface area contributed by atoms with Gasteiger partial charge in [-0.05, 0) is 49.4 Å². The lowest BCUT2D eigenvalue weighted by Crippen LogP contribution is -2.30. The minimum absolute atomic E-state index is 0.153. The van der Waals surface area contributed by atoms with Crippen LogP contribution in [0.25, 0.3) is 5.76 Å². The molecular weight excluding hydrogens is 374 g/mol. The minimum atomic E-state index is -0.631. The number of hydrogen-bond acceptors (Lipinski definition) is 5. The average Bonchev–Trinajstić information content (AvgIpc) is 3.21. The molecule has 1 unspecified atom stereocenters. The summed E-state index contributed by atoms with van der Waals surface area (Å²) in [4.78, 5) is 28.2. The maximum Gasteiger partial charge on any atom is 0.295 e. The van der Waals surface area contributed by atoms with Crippen LogP contribution >= 0.6 is 11.3 Å². The fourth-order valence-electron chi connectivity index (χ4n) is 3.43. The van der Waals surface area contributed by atoms with Crippen LogP contribution in [0.4, 0.5) is 0 Å². The van der Waals surface area contributed by atoms with Gasteiger partial charge < -0.3 is 14.7 Å². The largest absolute Gasteiger partial charge is 0.507 e. The zero-order valence-corrected chi connectivity index (χ0v) is 17.2. The first kappa shape index (κ1) is 20.1. The molecule has 1 aromatic heterocycles. The zero-order chi connectivity index (χ0) is 20.3. The number of thiophene rings is 1. The topological polar surface area (TPSA) is 66.8 Å². The Hall–Kier alpha value is -2.60. The van der Waals surface area contributed by atoms with Gasteiger partial charge in [-0.25, -0.2) is 0 Å². The number of carbonyl (C=O) groups excluding carboxylic acids is 2. The Morgan fingerprint density at radius 1 is 1.25 bits per heavy atom. The second-order valence-corrected chi connectivity index (χ2v) is 7.72. The Balaban J connectivity index is 2.14. The van der Waals surface area contributed by atoms with Gasteiger partial charge >= 0.3 is 0 Å². The number of hydrogen-bond donors (Lipinski definition) is 1. The first-order chi connectivity index (χ1) is 13.5. The Kier molecular flexibility index (Phi) is 6.19. The molecule has 0 saturated carbocycles. The van der Waals surface area contributed by atoms with Crippen molar-refractivity contribution in [3.63, 3.8) is 0 Å². The molecule has 6 heteroatoms. The summed E-state index contributed by atoms with van der Waals surface area (Å²) in [6.07, 6.45) is 1.71. The van der Waals surface area contributed by atoms with Gasteiger partial charge in [-0.15, -0.1) is 11.3 Å². The van der Waals surface area contributed by atoms with Crippen LogP contribution in [-0.4, -0.2) is 34.8 Å². The Bertz CT molecular complexity index is 915. The highest BCUT2D eigenvalue weighted by Gasteiger charge is 2.46. The van der Waals surface area contributed by atoms with Crippen LogP contribution in [0.15, 0.2) is 41.3 Å². The molecule has 1 saturated heterocycles. The fourth-order valence-corrected chi connectivity index (χ4v) is 4.48. The third-order valence-electron chi connectivity index (χ3n) is 4.86. The van der Waals surface area contributed by atoms with Crippen LogP contribution in [0.2, 0.25) is 0 Å². The van der Waals surface area contributed by atoms with Gasteiger partial charge in [-0.1, -0.05) is 25.5 Å². The van der Waals surface area contributed by atoms with Crippen molar-refractivity contribution in [3.05, 3.63) is 57.3 Å². The number of amides is 1. The summed E-state index contributed by atoms with van der Waals surface area (Å²) in [7, 11) is 0.